The highest BCUT2D eigenvalue weighted by Crippen LogP contribution is 2.11. The van der Waals surface area contributed by atoms with E-state index in [9.17, 15) is 4.79 Å². The molecule has 0 aliphatic heterocycles. The van der Waals surface area contributed by atoms with E-state index < -0.39 is 0 Å². The van der Waals surface area contributed by atoms with E-state index in [0.29, 0.717) is 17.8 Å². The second kappa shape index (κ2) is 4.57. The zero-order valence-electron chi connectivity index (χ0n) is 7.45. The standard InChI is InChI=1S/C9H12N2O2/c1-2-9(13)11-7-4-3-5-10-8(7)6-12/h3-5,12H,2,6H2,1H3,(H,11,13). The van der Waals surface area contributed by atoms with Gasteiger partial charge >= 0.3 is 0 Å². The van der Waals surface area contributed by atoms with Crippen molar-refractivity contribution in [3.63, 3.8) is 0 Å². The Hall–Kier alpha value is -1.42. The van der Waals surface area contributed by atoms with Crippen molar-refractivity contribution >= 4 is 11.6 Å². The average Bonchev–Trinajstić information content (AvgIpc) is 2.18. The number of anilines is 1. The Labute approximate surface area is 76.6 Å². The molecule has 1 aromatic heterocycles. The van der Waals surface area contributed by atoms with Crippen LogP contribution in [0.5, 0.6) is 0 Å². The molecule has 0 aromatic carbocycles. The molecule has 0 spiro atoms. The molecule has 13 heavy (non-hydrogen) atoms. The summed E-state index contributed by atoms with van der Waals surface area (Å²) < 4.78 is 0. The molecule has 4 nitrogen and oxygen atoms in total. The van der Waals surface area contributed by atoms with E-state index >= 15 is 0 Å². The Kier molecular flexibility index (Phi) is 3.40. The van der Waals surface area contributed by atoms with Crippen molar-refractivity contribution in [3.8, 4) is 0 Å². The fourth-order valence-corrected chi connectivity index (χ4v) is 0.916. The molecule has 1 aromatic rings. The van der Waals surface area contributed by atoms with Crippen molar-refractivity contribution in [3.05, 3.63) is 24.0 Å². The number of hydrogen-bond donors (Lipinski definition) is 2. The first-order valence-corrected chi connectivity index (χ1v) is 4.12. The first-order chi connectivity index (χ1) is 6.27. The van der Waals surface area contributed by atoms with E-state index in [2.05, 4.69) is 10.3 Å². The van der Waals surface area contributed by atoms with Crippen LogP contribution in [-0.2, 0) is 11.4 Å². The lowest BCUT2D eigenvalue weighted by Gasteiger charge is -2.06. The lowest BCUT2D eigenvalue weighted by Crippen LogP contribution is -2.11. The van der Waals surface area contributed by atoms with Crippen LogP contribution in [0.3, 0.4) is 0 Å². The van der Waals surface area contributed by atoms with Crippen LogP contribution < -0.4 is 5.32 Å². The van der Waals surface area contributed by atoms with Crippen molar-refractivity contribution in [1.82, 2.24) is 4.98 Å². The highest BCUT2D eigenvalue weighted by molar-refractivity contribution is 5.90. The summed E-state index contributed by atoms with van der Waals surface area (Å²) in [5, 5.41) is 11.5. The number of carbonyl (C=O) groups is 1. The molecule has 0 radical (unpaired) electrons. The van der Waals surface area contributed by atoms with Crippen molar-refractivity contribution in [2.45, 2.75) is 20.0 Å². The molecule has 0 fully saturated rings. The SMILES string of the molecule is CCC(=O)Nc1cccnc1CO. The summed E-state index contributed by atoms with van der Waals surface area (Å²) in [5.41, 5.74) is 1.07. The van der Waals surface area contributed by atoms with Crippen molar-refractivity contribution in [2.75, 3.05) is 5.32 Å². The van der Waals surface area contributed by atoms with E-state index in [1.807, 2.05) is 0 Å². The molecule has 1 heterocycles. The molecule has 1 rings (SSSR count). The van der Waals surface area contributed by atoms with Crippen LogP contribution in [0.1, 0.15) is 19.0 Å². The molecule has 0 aliphatic rings. The second-order valence-electron chi connectivity index (χ2n) is 2.56. The predicted molar refractivity (Wildman–Crippen MR) is 49.1 cm³/mol. The summed E-state index contributed by atoms with van der Waals surface area (Å²) in [6.45, 7) is 1.60. The zero-order chi connectivity index (χ0) is 9.68. The summed E-state index contributed by atoms with van der Waals surface area (Å²) in [4.78, 5) is 14.9. The van der Waals surface area contributed by atoms with Crippen LogP contribution in [0.15, 0.2) is 18.3 Å². The largest absolute Gasteiger partial charge is 0.390 e. The molecule has 0 atom stereocenters. The van der Waals surface area contributed by atoms with Gasteiger partial charge in [0.2, 0.25) is 5.91 Å². The van der Waals surface area contributed by atoms with E-state index in [4.69, 9.17) is 5.11 Å². The van der Waals surface area contributed by atoms with Gasteiger partial charge < -0.3 is 10.4 Å². The topological polar surface area (TPSA) is 62.2 Å². The maximum Gasteiger partial charge on any atom is 0.224 e. The molecule has 0 bridgehead atoms. The maximum absolute atomic E-state index is 11.0. The highest BCUT2D eigenvalue weighted by Gasteiger charge is 2.03. The number of nitrogens with one attached hydrogen (secondary N) is 1. The Morgan fingerprint density at radius 1 is 1.69 bits per heavy atom. The van der Waals surface area contributed by atoms with E-state index in [0.717, 1.165) is 0 Å². The fraction of sp³-hybridized carbons (Fsp3) is 0.333. The number of pyridine rings is 1. The Bertz CT molecular complexity index is 299. The number of aromatic nitrogens is 1. The van der Waals surface area contributed by atoms with Gasteiger partial charge in [0, 0.05) is 12.6 Å². The third kappa shape index (κ3) is 2.52. The van der Waals surface area contributed by atoms with Crippen molar-refractivity contribution in [2.24, 2.45) is 0 Å². The number of rotatable bonds is 3. The first-order valence-electron chi connectivity index (χ1n) is 4.12. The smallest absolute Gasteiger partial charge is 0.224 e. The van der Waals surface area contributed by atoms with Crippen LogP contribution in [-0.4, -0.2) is 16.0 Å². The number of carbonyl (C=O) groups excluding carboxylic acids is 1. The van der Waals surface area contributed by atoms with Gasteiger partial charge in [-0.05, 0) is 12.1 Å². The van der Waals surface area contributed by atoms with Crippen LogP contribution in [0.25, 0.3) is 0 Å². The van der Waals surface area contributed by atoms with Crippen LogP contribution in [0, 0.1) is 0 Å². The van der Waals surface area contributed by atoms with Gasteiger partial charge in [-0.15, -0.1) is 0 Å². The monoisotopic (exact) mass is 180 g/mol. The summed E-state index contributed by atoms with van der Waals surface area (Å²) in [6, 6.07) is 3.43. The molecule has 4 heteroatoms. The number of aliphatic hydroxyl groups is 1. The quantitative estimate of drug-likeness (QED) is 0.727. The summed E-state index contributed by atoms with van der Waals surface area (Å²) in [7, 11) is 0. The third-order valence-electron chi connectivity index (χ3n) is 1.64. The summed E-state index contributed by atoms with van der Waals surface area (Å²) in [5.74, 6) is -0.0808. The predicted octanol–water partition coefficient (Wildman–Crippen LogP) is 0.922. The summed E-state index contributed by atoms with van der Waals surface area (Å²) >= 11 is 0. The molecule has 0 saturated carbocycles. The highest BCUT2D eigenvalue weighted by atomic mass is 16.3. The minimum Gasteiger partial charge on any atom is -0.390 e. The van der Waals surface area contributed by atoms with Gasteiger partial charge in [-0.25, -0.2) is 0 Å². The fourth-order valence-electron chi connectivity index (χ4n) is 0.916. The van der Waals surface area contributed by atoms with Gasteiger partial charge in [-0.1, -0.05) is 6.92 Å². The second-order valence-corrected chi connectivity index (χ2v) is 2.56. The number of nitrogens with zero attached hydrogens (tertiary/aromatic N) is 1. The minimum atomic E-state index is -0.167. The van der Waals surface area contributed by atoms with Crippen LogP contribution >= 0.6 is 0 Å². The number of amides is 1. The van der Waals surface area contributed by atoms with Crippen LogP contribution in [0.2, 0.25) is 0 Å². The van der Waals surface area contributed by atoms with Gasteiger partial charge in [0.25, 0.3) is 0 Å². The normalized spacial score (nSPS) is 9.69. The average molecular weight is 180 g/mol. The minimum absolute atomic E-state index is 0.0808. The summed E-state index contributed by atoms with van der Waals surface area (Å²) in [6.07, 6.45) is 1.99. The van der Waals surface area contributed by atoms with Gasteiger partial charge in [-0.3, -0.25) is 9.78 Å². The molecule has 70 valence electrons. The Balaban J connectivity index is 2.81. The van der Waals surface area contributed by atoms with Crippen LogP contribution in [0.4, 0.5) is 5.69 Å². The van der Waals surface area contributed by atoms with E-state index in [-0.39, 0.29) is 12.5 Å². The Morgan fingerprint density at radius 2 is 2.46 bits per heavy atom. The number of hydrogen-bond acceptors (Lipinski definition) is 3. The first kappa shape index (κ1) is 9.67. The van der Waals surface area contributed by atoms with Gasteiger partial charge in [0.1, 0.15) is 0 Å². The lowest BCUT2D eigenvalue weighted by atomic mass is 10.3. The van der Waals surface area contributed by atoms with Crippen molar-refractivity contribution in [1.29, 1.82) is 0 Å². The van der Waals surface area contributed by atoms with E-state index in [1.165, 1.54) is 0 Å². The van der Waals surface area contributed by atoms with Crippen molar-refractivity contribution < 1.29 is 9.90 Å². The molecule has 0 aliphatic carbocycles. The molecule has 1 amide bonds. The van der Waals surface area contributed by atoms with Gasteiger partial charge in [0.15, 0.2) is 0 Å². The molecule has 0 unspecified atom stereocenters. The number of aliphatic hydroxyl groups excluding tert-OH is 1. The Morgan fingerprint density at radius 3 is 3.08 bits per heavy atom. The third-order valence-corrected chi connectivity index (χ3v) is 1.64. The lowest BCUT2D eigenvalue weighted by molar-refractivity contribution is -0.115. The van der Waals surface area contributed by atoms with E-state index in [1.54, 1.807) is 25.3 Å². The van der Waals surface area contributed by atoms with Gasteiger partial charge in [0.05, 0.1) is 18.0 Å². The molecule has 2 N–H and O–H groups in total. The maximum atomic E-state index is 11.0. The molecular weight excluding hydrogens is 168 g/mol. The zero-order valence-corrected chi connectivity index (χ0v) is 7.45. The van der Waals surface area contributed by atoms with Gasteiger partial charge in [-0.2, -0.15) is 0 Å². The molecule has 0 saturated heterocycles. The molecular formula is C9H12N2O2.